The van der Waals surface area contributed by atoms with Crippen LogP contribution in [-0.2, 0) is 0 Å². The first-order valence-corrected chi connectivity index (χ1v) is 6.31. The molecule has 0 aliphatic carbocycles. The zero-order valence-electron chi connectivity index (χ0n) is 11.1. The van der Waals surface area contributed by atoms with Crippen LogP contribution in [0.15, 0.2) is 57.7 Å². The quantitative estimate of drug-likeness (QED) is 0.333. The van der Waals surface area contributed by atoms with Gasteiger partial charge >= 0.3 is 5.63 Å². The Morgan fingerprint density at radius 3 is 2.50 bits per heavy atom. The fraction of sp³-hybridized carbons (Fsp3) is 0. The number of nitro benzene ring substituents is 1. The number of rotatable bonds is 3. The van der Waals surface area contributed by atoms with Crippen molar-refractivity contribution in [3.05, 3.63) is 69.1 Å². The first-order chi connectivity index (χ1) is 10.5. The van der Waals surface area contributed by atoms with Crippen molar-refractivity contribution in [2.24, 2.45) is 0 Å². The lowest BCUT2D eigenvalue weighted by Gasteiger charge is -2.08. The molecule has 0 fully saturated rings. The van der Waals surface area contributed by atoms with Gasteiger partial charge in [-0.3, -0.25) is 10.1 Å². The lowest BCUT2D eigenvalue weighted by atomic mass is 10.1. The van der Waals surface area contributed by atoms with Gasteiger partial charge in [-0.25, -0.2) is 4.79 Å². The lowest BCUT2D eigenvalue weighted by molar-refractivity contribution is -0.384. The zero-order chi connectivity index (χ0) is 15.7. The summed E-state index contributed by atoms with van der Waals surface area (Å²) in [5.74, 6) is 0.110. The third kappa shape index (κ3) is 2.59. The van der Waals surface area contributed by atoms with Gasteiger partial charge in [0.1, 0.15) is 11.3 Å². The molecule has 3 rings (SSSR count). The van der Waals surface area contributed by atoms with Crippen molar-refractivity contribution in [1.29, 1.82) is 0 Å². The van der Waals surface area contributed by atoms with E-state index in [0.717, 1.165) is 0 Å². The second-order valence-electron chi connectivity index (χ2n) is 4.59. The molecule has 3 aromatic rings. The Labute approximate surface area is 123 Å². The van der Waals surface area contributed by atoms with Crippen LogP contribution in [0.2, 0.25) is 0 Å². The minimum absolute atomic E-state index is 0.102. The minimum Gasteiger partial charge on any atom is -0.508 e. The van der Waals surface area contributed by atoms with Crippen LogP contribution in [0.3, 0.4) is 0 Å². The third-order valence-corrected chi connectivity index (χ3v) is 3.08. The van der Waals surface area contributed by atoms with Crippen LogP contribution in [0.1, 0.15) is 0 Å². The number of anilines is 2. The minimum atomic E-state index is -0.567. The highest BCUT2D eigenvalue weighted by Gasteiger charge is 2.12. The maximum absolute atomic E-state index is 11.6. The van der Waals surface area contributed by atoms with E-state index in [1.54, 1.807) is 12.1 Å². The van der Waals surface area contributed by atoms with Crippen molar-refractivity contribution in [3.8, 4) is 5.75 Å². The molecule has 0 atom stereocenters. The summed E-state index contributed by atoms with van der Waals surface area (Å²) in [6.45, 7) is 0. The van der Waals surface area contributed by atoms with Gasteiger partial charge in [-0.2, -0.15) is 0 Å². The number of fused-ring (bicyclic) bond motifs is 1. The Bertz CT molecular complexity index is 915. The molecule has 7 nitrogen and oxygen atoms in total. The number of phenolic OH excluding ortho intramolecular Hbond substituents is 1. The van der Waals surface area contributed by atoms with Gasteiger partial charge in [0.25, 0.3) is 5.69 Å². The van der Waals surface area contributed by atoms with Gasteiger partial charge in [0, 0.05) is 29.3 Å². The molecule has 0 spiro atoms. The van der Waals surface area contributed by atoms with E-state index >= 15 is 0 Å². The van der Waals surface area contributed by atoms with Crippen LogP contribution in [0.4, 0.5) is 17.1 Å². The summed E-state index contributed by atoms with van der Waals surface area (Å²) >= 11 is 0. The largest absolute Gasteiger partial charge is 0.508 e. The van der Waals surface area contributed by atoms with Gasteiger partial charge in [0.2, 0.25) is 0 Å². The van der Waals surface area contributed by atoms with Crippen molar-refractivity contribution in [1.82, 2.24) is 0 Å². The molecule has 1 heterocycles. The van der Waals surface area contributed by atoms with E-state index in [2.05, 4.69) is 5.32 Å². The maximum Gasteiger partial charge on any atom is 0.338 e. The summed E-state index contributed by atoms with van der Waals surface area (Å²) in [6.07, 6.45) is 0. The second kappa shape index (κ2) is 5.21. The Hall–Kier alpha value is -3.35. The Morgan fingerprint density at radius 1 is 1.09 bits per heavy atom. The van der Waals surface area contributed by atoms with E-state index in [4.69, 9.17) is 4.42 Å². The number of hydrogen-bond acceptors (Lipinski definition) is 6. The average molecular weight is 298 g/mol. The topological polar surface area (TPSA) is 106 Å². The molecule has 7 heteroatoms. The predicted octanol–water partition coefficient (Wildman–Crippen LogP) is 3.15. The first kappa shape index (κ1) is 13.6. The summed E-state index contributed by atoms with van der Waals surface area (Å²) in [7, 11) is 0. The van der Waals surface area contributed by atoms with Crippen molar-refractivity contribution in [3.63, 3.8) is 0 Å². The number of hydrogen-bond donors (Lipinski definition) is 2. The standard InChI is InChI=1S/C15H10N2O5/c18-11-4-1-9(2-5-11)16-13-8-15(19)22-14-6-3-10(17(20)21)7-12(13)14/h1-8,16,18H. The van der Waals surface area contributed by atoms with Gasteiger partial charge in [0.15, 0.2) is 0 Å². The summed E-state index contributed by atoms with van der Waals surface area (Å²) in [4.78, 5) is 22.0. The summed E-state index contributed by atoms with van der Waals surface area (Å²) in [6, 6.07) is 11.4. The molecule has 0 amide bonds. The van der Waals surface area contributed by atoms with Crippen LogP contribution >= 0.6 is 0 Å². The molecule has 0 unspecified atom stereocenters. The highest BCUT2D eigenvalue weighted by Crippen LogP contribution is 2.28. The molecule has 110 valence electrons. The highest BCUT2D eigenvalue weighted by molar-refractivity contribution is 5.93. The van der Waals surface area contributed by atoms with Gasteiger partial charge < -0.3 is 14.8 Å². The monoisotopic (exact) mass is 298 g/mol. The van der Waals surface area contributed by atoms with Crippen molar-refractivity contribution < 1.29 is 14.4 Å². The van der Waals surface area contributed by atoms with Crippen molar-refractivity contribution >= 4 is 28.0 Å². The van der Waals surface area contributed by atoms with Gasteiger partial charge in [0.05, 0.1) is 10.6 Å². The molecule has 0 saturated carbocycles. The van der Waals surface area contributed by atoms with Gasteiger partial charge in [-0.1, -0.05) is 0 Å². The van der Waals surface area contributed by atoms with E-state index in [-0.39, 0.29) is 17.0 Å². The van der Waals surface area contributed by atoms with Crippen molar-refractivity contribution in [2.75, 3.05) is 5.32 Å². The number of non-ortho nitro benzene ring substituents is 1. The molecule has 0 radical (unpaired) electrons. The van der Waals surface area contributed by atoms with E-state index in [1.165, 1.54) is 36.4 Å². The summed E-state index contributed by atoms with van der Waals surface area (Å²) in [5.41, 5.74) is 0.592. The van der Waals surface area contributed by atoms with E-state index < -0.39 is 10.5 Å². The summed E-state index contributed by atoms with van der Waals surface area (Å²) in [5, 5.41) is 23.6. The molecular weight excluding hydrogens is 288 g/mol. The molecule has 1 aromatic heterocycles. The SMILES string of the molecule is O=c1cc(Nc2ccc(O)cc2)c2cc([N+](=O)[O-])ccc2o1. The van der Waals surface area contributed by atoms with Crippen molar-refractivity contribution in [2.45, 2.75) is 0 Å². The number of nitrogens with one attached hydrogen (secondary N) is 1. The Kier molecular flexibility index (Phi) is 3.23. The third-order valence-electron chi connectivity index (χ3n) is 3.08. The predicted molar refractivity (Wildman–Crippen MR) is 80.5 cm³/mol. The van der Waals surface area contributed by atoms with Crippen LogP contribution in [0.5, 0.6) is 5.75 Å². The van der Waals surface area contributed by atoms with E-state index in [1.807, 2.05) is 0 Å². The first-order valence-electron chi connectivity index (χ1n) is 6.31. The lowest BCUT2D eigenvalue weighted by Crippen LogP contribution is -2.01. The molecule has 22 heavy (non-hydrogen) atoms. The molecule has 0 aliphatic rings. The van der Waals surface area contributed by atoms with Crippen LogP contribution < -0.4 is 10.9 Å². The van der Waals surface area contributed by atoms with Gasteiger partial charge in [-0.15, -0.1) is 0 Å². The number of nitro groups is 1. The molecule has 0 bridgehead atoms. The van der Waals surface area contributed by atoms with Crippen LogP contribution in [0.25, 0.3) is 11.0 Å². The highest BCUT2D eigenvalue weighted by atomic mass is 16.6. The molecule has 2 N–H and O–H groups in total. The molecule has 0 aliphatic heterocycles. The Morgan fingerprint density at radius 2 is 1.82 bits per heavy atom. The van der Waals surface area contributed by atoms with Crippen LogP contribution in [0, 0.1) is 10.1 Å². The average Bonchev–Trinajstić information content (AvgIpc) is 2.49. The zero-order valence-corrected chi connectivity index (χ0v) is 11.1. The number of aromatic hydroxyl groups is 1. The molecule has 2 aromatic carbocycles. The fourth-order valence-corrected chi connectivity index (χ4v) is 2.07. The molecular formula is C15H10N2O5. The smallest absolute Gasteiger partial charge is 0.338 e. The summed E-state index contributed by atoms with van der Waals surface area (Å²) < 4.78 is 5.04. The van der Waals surface area contributed by atoms with E-state index in [0.29, 0.717) is 16.8 Å². The van der Waals surface area contributed by atoms with E-state index in [9.17, 15) is 20.0 Å². The molecule has 0 saturated heterocycles. The number of phenols is 1. The maximum atomic E-state index is 11.6. The normalized spacial score (nSPS) is 10.5. The second-order valence-corrected chi connectivity index (χ2v) is 4.59. The van der Waals surface area contributed by atoms with Gasteiger partial charge in [-0.05, 0) is 30.3 Å². The number of benzene rings is 2. The number of nitrogens with zero attached hydrogens (tertiary/aromatic N) is 1. The Balaban J connectivity index is 2.14. The van der Waals surface area contributed by atoms with Crippen LogP contribution in [-0.4, -0.2) is 10.0 Å². The fourth-order valence-electron chi connectivity index (χ4n) is 2.07.